The molecule has 0 saturated carbocycles. The second-order valence-corrected chi connectivity index (χ2v) is 3.50. The molecule has 0 atom stereocenters. The second kappa shape index (κ2) is 4.86. The lowest BCUT2D eigenvalue weighted by molar-refractivity contribution is -0.114. The van der Waals surface area contributed by atoms with Crippen LogP contribution < -0.4 is 10.9 Å². The van der Waals surface area contributed by atoms with Gasteiger partial charge in [-0.1, -0.05) is 0 Å². The van der Waals surface area contributed by atoms with Crippen LogP contribution in [0.2, 0.25) is 0 Å². The molecule has 1 aliphatic rings. The predicted molar refractivity (Wildman–Crippen MR) is 42.8 cm³/mol. The van der Waals surface area contributed by atoms with Crippen LogP contribution in [0.3, 0.4) is 0 Å². The molecule has 0 aromatic rings. The van der Waals surface area contributed by atoms with Crippen LogP contribution in [0.5, 0.6) is 0 Å². The Morgan fingerprint density at radius 3 is 2.25 bits per heavy atom. The minimum absolute atomic E-state index is 0.110. The molecule has 1 aliphatic heterocycles. The Kier molecular flexibility index (Phi) is 4.49. The van der Waals surface area contributed by atoms with Gasteiger partial charge in [-0.25, -0.2) is 5.43 Å². The second-order valence-electron chi connectivity index (χ2n) is 2.03. The summed E-state index contributed by atoms with van der Waals surface area (Å²) in [5.74, 6) is 0.110. The summed E-state index contributed by atoms with van der Waals surface area (Å²) in [6.45, 7) is 0.399. The summed E-state index contributed by atoms with van der Waals surface area (Å²) in [6.07, 6.45) is 3.79. The number of carbonyl (C=O) groups excluding carboxylic acids is 1. The number of nitrogens with one attached hydrogen (secondary N) is 2. The van der Waals surface area contributed by atoms with Crippen molar-refractivity contribution < 1.29 is 17.8 Å². The summed E-state index contributed by atoms with van der Waals surface area (Å²) in [6, 6.07) is 0. The molecule has 0 saturated heterocycles. The van der Waals surface area contributed by atoms with E-state index >= 15 is 0 Å². The van der Waals surface area contributed by atoms with E-state index in [4.69, 9.17) is 4.55 Å². The highest BCUT2D eigenvalue weighted by atomic mass is 32.2. The van der Waals surface area contributed by atoms with Gasteiger partial charge in [0.15, 0.2) is 5.78 Å². The Morgan fingerprint density at radius 1 is 1.58 bits per heavy atom. The molecule has 1 rings (SSSR count). The van der Waals surface area contributed by atoms with Crippen molar-refractivity contribution in [3.63, 3.8) is 0 Å². The van der Waals surface area contributed by atoms with E-state index in [1.54, 1.807) is 6.20 Å². The van der Waals surface area contributed by atoms with Crippen molar-refractivity contribution in [2.45, 2.75) is 0 Å². The minimum atomic E-state index is -3.67. The van der Waals surface area contributed by atoms with E-state index in [2.05, 4.69) is 10.9 Å². The first-order chi connectivity index (χ1) is 5.39. The zero-order chi connectivity index (χ0) is 9.61. The van der Waals surface area contributed by atoms with Gasteiger partial charge < -0.3 is 5.43 Å². The van der Waals surface area contributed by atoms with Crippen LogP contribution in [-0.4, -0.2) is 31.6 Å². The molecule has 0 fully saturated rings. The smallest absolute Gasteiger partial charge is 0.261 e. The van der Waals surface area contributed by atoms with Crippen molar-refractivity contribution in [2.24, 2.45) is 0 Å². The number of rotatable bonds is 0. The maximum absolute atomic E-state index is 10.3. The van der Waals surface area contributed by atoms with Gasteiger partial charge in [-0.3, -0.25) is 9.35 Å². The van der Waals surface area contributed by atoms with Gasteiger partial charge in [0.05, 0.1) is 12.8 Å². The Labute approximate surface area is 70.4 Å². The van der Waals surface area contributed by atoms with Crippen molar-refractivity contribution in [1.82, 2.24) is 10.9 Å². The third kappa shape index (κ3) is 11.8. The number of hydrogen-bond acceptors (Lipinski definition) is 5. The average molecular weight is 194 g/mol. The normalized spacial score (nSPS) is 16.0. The highest BCUT2D eigenvalue weighted by molar-refractivity contribution is 7.85. The maximum atomic E-state index is 10.3. The monoisotopic (exact) mass is 194 g/mol. The quantitative estimate of drug-likeness (QED) is 0.414. The third-order valence-corrected chi connectivity index (χ3v) is 0.717. The molecular formula is C5H10N2O4S. The zero-order valence-corrected chi connectivity index (χ0v) is 7.26. The Morgan fingerprint density at radius 2 is 2.08 bits per heavy atom. The Balaban J connectivity index is 0.000000217. The first-order valence-corrected chi connectivity index (χ1v) is 4.84. The van der Waals surface area contributed by atoms with Crippen LogP contribution in [0.15, 0.2) is 12.3 Å². The molecule has 7 heteroatoms. The largest absolute Gasteiger partial charge is 0.328 e. The van der Waals surface area contributed by atoms with Gasteiger partial charge in [-0.15, -0.1) is 0 Å². The molecule has 0 spiro atoms. The molecule has 0 aromatic heterocycles. The molecule has 0 unspecified atom stereocenters. The van der Waals surface area contributed by atoms with Gasteiger partial charge in [0.1, 0.15) is 0 Å². The molecule has 0 bridgehead atoms. The van der Waals surface area contributed by atoms with Crippen LogP contribution >= 0.6 is 0 Å². The summed E-state index contributed by atoms with van der Waals surface area (Å²) >= 11 is 0. The SMILES string of the molecule is CS(=O)(=O)O.O=C1C=CNNC1. The van der Waals surface area contributed by atoms with Crippen LogP contribution in [-0.2, 0) is 14.9 Å². The zero-order valence-electron chi connectivity index (χ0n) is 6.44. The van der Waals surface area contributed by atoms with Gasteiger partial charge in [0.2, 0.25) is 0 Å². The Bertz CT molecular complexity index is 261. The highest BCUT2D eigenvalue weighted by Gasteiger charge is 1.96. The molecule has 0 aliphatic carbocycles. The lowest BCUT2D eigenvalue weighted by Crippen LogP contribution is -2.35. The lowest BCUT2D eigenvalue weighted by Gasteiger charge is -2.04. The maximum Gasteiger partial charge on any atom is 0.261 e. The first kappa shape index (κ1) is 11.1. The molecule has 6 nitrogen and oxygen atoms in total. The van der Waals surface area contributed by atoms with E-state index in [1.807, 2.05) is 0 Å². The van der Waals surface area contributed by atoms with Crippen molar-refractivity contribution >= 4 is 15.9 Å². The van der Waals surface area contributed by atoms with Crippen LogP contribution in [0.1, 0.15) is 0 Å². The van der Waals surface area contributed by atoms with Gasteiger partial charge in [0, 0.05) is 6.20 Å². The molecule has 0 amide bonds. The number of hydrogen-bond donors (Lipinski definition) is 3. The highest BCUT2D eigenvalue weighted by Crippen LogP contribution is 1.75. The average Bonchev–Trinajstić information content (AvgIpc) is 1.85. The third-order valence-electron chi connectivity index (χ3n) is 0.717. The van der Waals surface area contributed by atoms with E-state index < -0.39 is 10.1 Å². The molecule has 12 heavy (non-hydrogen) atoms. The van der Waals surface area contributed by atoms with E-state index in [1.165, 1.54) is 6.08 Å². The summed E-state index contributed by atoms with van der Waals surface area (Å²) < 4.78 is 25.9. The van der Waals surface area contributed by atoms with E-state index in [0.717, 1.165) is 0 Å². The predicted octanol–water partition coefficient (Wildman–Crippen LogP) is -1.32. The fourth-order valence-corrected chi connectivity index (χ4v) is 0.391. The molecule has 3 N–H and O–H groups in total. The van der Waals surface area contributed by atoms with Crippen molar-refractivity contribution in [3.05, 3.63) is 12.3 Å². The lowest BCUT2D eigenvalue weighted by atomic mass is 10.4. The van der Waals surface area contributed by atoms with Crippen LogP contribution in [0.25, 0.3) is 0 Å². The van der Waals surface area contributed by atoms with Gasteiger partial charge in [-0.05, 0) is 6.08 Å². The van der Waals surface area contributed by atoms with Crippen molar-refractivity contribution in [2.75, 3.05) is 12.8 Å². The van der Waals surface area contributed by atoms with E-state index in [9.17, 15) is 13.2 Å². The van der Waals surface area contributed by atoms with Crippen molar-refractivity contribution in [3.8, 4) is 0 Å². The summed E-state index contributed by atoms with van der Waals surface area (Å²) in [5, 5.41) is 0. The minimum Gasteiger partial charge on any atom is -0.328 e. The number of hydrazine groups is 1. The number of carbonyl (C=O) groups is 1. The molecule has 0 radical (unpaired) electrons. The molecule has 0 aromatic carbocycles. The fourth-order valence-electron chi connectivity index (χ4n) is 0.391. The molecule has 1 heterocycles. The van der Waals surface area contributed by atoms with Gasteiger partial charge in [0.25, 0.3) is 10.1 Å². The van der Waals surface area contributed by atoms with Crippen LogP contribution in [0.4, 0.5) is 0 Å². The summed E-state index contributed by atoms with van der Waals surface area (Å²) in [7, 11) is -3.67. The van der Waals surface area contributed by atoms with Gasteiger partial charge in [-0.2, -0.15) is 8.42 Å². The summed E-state index contributed by atoms with van der Waals surface area (Å²) in [4.78, 5) is 10.3. The molecular weight excluding hydrogens is 184 g/mol. The fraction of sp³-hybridized carbons (Fsp3) is 0.400. The van der Waals surface area contributed by atoms with Gasteiger partial charge >= 0.3 is 0 Å². The van der Waals surface area contributed by atoms with E-state index in [0.29, 0.717) is 12.8 Å². The van der Waals surface area contributed by atoms with Crippen molar-refractivity contribution in [1.29, 1.82) is 0 Å². The van der Waals surface area contributed by atoms with Crippen LogP contribution in [0, 0.1) is 0 Å². The summed E-state index contributed by atoms with van der Waals surface area (Å²) in [5.41, 5.74) is 5.31. The molecule has 70 valence electrons. The van der Waals surface area contributed by atoms with E-state index in [-0.39, 0.29) is 5.78 Å². The standard InChI is InChI=1S/C4H6N2O.CH4O3S/c7-4-1-2-5-6-3-4;1-5(2,3)4/h1-2,5-6H,3H2;1H3,(H,2,3,4). The first-order valence-electron chi connectivity index (χ1n) is 3.00. The number of ketones is 1. The topological polar surface area (TPSA) is 95.5 Å². The Hall–Kier alpha value is -0.920.